The van der Waals surface area contributed by atoms with Crippen molar-refractivity contribution in [1.82, 2.24) is 9.80 Å². The fraction of sp³-hybridized carbons (Fsp3) is 0.448. The molecule has 0 bridgehead atoms. The molecule has 2 aromatic carbocycles. The predicted octanol–water partition coefficient (Wildman–Crippen LogP) is 5.81. The molecule has 0 spiro atoms. The van der Waals surface area contributed by atoms with Gasteiger partial charge in [0.05, 0.1) is 18.7 Å². The lowest BCUT2D eigenvalue weighted by Crippen LogP contribution is -2.48. The van der Waals surface area contributed by atoms with E-state index in [0.29, 0.717) is 31.8 Å². The lowest BCUT2D eigenvalue weighted by atomic mass is 9.74. The Hall–Kier alpha value is -3.48. The molecule has 0 saturated carbocycles. The van der Waals surface area contributed by atoms with Crippen molar-refractivity contribution in [3.63, 3.8) is 0 Å². The van der Waals surface area contributed by atoms with Gasteiger partial charge in [-0.25, -0.2) is 4.79 Å². The van der Waals surface area contributed by atoms with Gasteiger partial charge in [0, 0.05) is 36.8 Å². The molecule has 2 amide bonds. The van der Waals surface area contributed by atoms with Crippen LogP contribution in [0.5, 0.6) is 5.75 Å². The van der Waals surface area contributed by atoms with Crippen molar-refractivity contribution in [3.8, 4) is 5.75 Å². The van der Waals surface area contributed by atoms with E-state index in [0.717, 1.165) is 35.4 Å². The number of hydrogen-bond donors (Lipinski definition) is 1. The molecule has 3 atom stereocenters. The number of likely N-dealkylation sites (tertiary alicyclic amines) is 1. The number of fused-ring (bicyclic) bond motifs is 3. The molecule has 0 aliphatic carbocycles. The van der Waals surface area contributed by atoms with Gasteiger partial charge in [0.1, 0.15) is 12.4 Å². The maximum atomic E-state index is 13.2. The summed E-state index contributed by atoms with van der Waals surface area (Å²) in [5.74, 6) is 0.968. The molecular weight excluding hydrogens is 454 g/mol. The number of carbonyl (C=O) groups is 2. The highest BCUT2D eigenvalue weighted by Crippen LogP contribution is 2.50. The van der Waals surface area contributed by atoms with E-state index in [2.05, 4.69) is 24.0 Å². The Balaban J connectivity index is 1.76. The molecule has 192 valence electrons. The van der Waals surface area contributed by atoms with Gasteiger partial charge < -0.3 is 24.6 Å². The molecule has 2 aromatic rings. The molecule has 1 saturated heterocycles. The van der Waals surface area contributed by atoms with Crippen LogP contribution in [0.15, 0.2) is 55.1 Å². The number of benzene rings is 2. The molecule has 0 aromatic heterocycles. The average Bonchev–Trinajstić information content (AvgIpc) is 2.91. The number of anilines is 1. The van der Waals surface area contributed by atoms with Crippen molar-refractivity contribution in [1.29, 1.82) is 0 Å². The number of piperidine rings is 1. The van der Waals surface area contributed by atoms with Crippen molar-refractivity contribution < 1.29 is 19.1 Å². The monoisotopic (exact) mass is 491 g/mol. The van der Waals surface area contributed by atoms with Crippen LogP contribution in [-0.2, 0) is 4.74 Å². The summed E-state index contributed by atoms with van der Waals surface area (Å²) in [5.41, 5.74) is 3.69. The third-order valence-electron chi connectivity index (χ3n) is 7.19. The van der Waals surface area contributed by atoms with E-state index in [-0.39, 0.29) is 36.6 Å². The summed E-state index contributed by atoms with van der Waals surface area (Å²) in [7, 11) is 0. The molecule has 7 nitrogen and oxygen atoms in total. The topological polar surface area (TPSA) is 71.1 Å². The van der Waals surface area contributed by atoms with Crippen LogP contribution < -0.4 is 10.1 Å². The van der Waals surface area contributed by atoms with E-state index in [1.54, 1.807) is 6.08 Å². The zero-order valence-electron chi connectivity index (χ0n) is 21.5. The highest BCUT2D eigenvalue weighted by molar-refractivity contribution is 5.95. The zero-order valence-corrected chi connectivity index (χ0v) is 21.5. The first-order valence-electron chi connectivity index (χ1n) is 13.0. The number of hydrogen-bond acceptors (Lipinski definition) is 5. The number of rotatable bonds is 8. The maximum Gasteiger partial charge on any atom is 0.410 e. The smallest absolute Gasteiger partial charge is 0.410 e. The summed E-state index contributed by atoms with van der Waals surface area (Å²) in [6.07, 6.45) is 3.07. The van der Waals surface area contributed by atoms with E-state index < -0.39 is 0 Å². The summed E-state index contributed by atoms with van der Waals surface area (Å²) >= 11 is 0. The number of ether oxygens (including phenoxy) is 2. The first kappa shape index (κ1) is 25.6. The van der Waals surface area contributed by atoms with Crippen LogP contribution >= 0.6 is 0 Å². The summed E-state index contributed by atoms with van der Waals surface area (Å²) in [4.78, 5) is 30.0. The van der Waals surface area contributed by atoms with Gasteiger partial charge in [-0.1, -0.05) is 24.8 Å². The minimum atomic E-state index is -0.344. The number of nitrogens with zero attached hydrogens (tertiary/aromatic N) is 2. The third-order valence-corrected chi connectivity index (χ3v) is 7.19. The van der Waals surface area contributed by atoms with Crippen LogP contribution in [0.3, 0.4) is 0 Å². The van der Waals surface area contributed by atoms with Gasteiger partial charge in [-0.05, 0) is 75.1 Å². The second-order valence-corrected chi connectivity index (χ2v) is 9.21. The third kappa shape index (κ3) is 5.06. The molecule has 2 aliphatic heterocycles. The second-order valence-electron chi connectivity index (χ2n) is 9.21. The minimum Gasteiger partial charge on any atom is -0.494 e. The Bertz CT molecular complexity index is 1080. The highest BCUT2D eigenvalue weighted by atomic mass is 16.6. The summed E-state index contributed by atoms with van der Waals surface area (Å²) in [6.45, 7) is 12.3. The molecule has 1 unspecified atom stereocenters. The summed E-state index contributed by atoms with van der Waals surface area (Å²) < 4.78 is 11.1. The van der Waals surface area contributed by atoms with Gasteiger partial charge >= 0.3 is 6.09 Å². The number of amides is 2. The van der Waals surface area contributed by atoms with Crippen LogP contribution in [0.2, 0.25) is 0 Å². The lowest BCUT2D eigenvalue weighted by molar-refractivity contribution is 0.0505. The van der Waals surface area contributed by atoms with Crippen molar-refractivity contribution >= 4 is 17.7 Å². The Morgan fingerprint density at radius 3 is 2.56 bits per heavy atom. The van der Waals surface area contributed by atoms with E-state index in [1.165, 1.54) is 0 Å². The molecule has 7 heteroatoms. The molecule has 0 radical (unpaired) electrons. The normalized spacial score (nSPS) is 20.4. The van der Waals surface area contributed by atoms with Gasteiger partial charge in [0.2, 0.25) is 0 Å². The van der Waals surface area contributed by atoms with Crippen molar-refractivity contribution in [2.75, 3.05) is 38.2 Å². The van der Waals surface area contributed by atoms with Gasteiger partial charge in [-0.3, -0.25) is 4.79 Å². The number of nitrogens with one attached hydrogen (secondary N) is 1. The van der Waals surface area contributed by atoms with Crippen molar-refractivity contribution in [2.45, 2.75) is 45.7 Å². The quantitative estimate of drug-likeness (QED) is 0.472. The van der Waals surface area contributed by atoms with E-state index >= 15 is 0 Å². The van der Waals surface area contributed by atoms with Crippen molar-refractivity contribution in [3.05, 3.63) is 71.8 Å². The van der Waals surface area contributed by atoms with Crippen LogP contribution in [0.1, 0.15) is 67.2 Å². The fourth-order valence-electron chi connectivity index (χ4n) is 5.50. The lowest BCUT2D eigenvalue weighted by Gasteiger charge is -2.48. The minimum absolute atomic E-state index is 0.00424. The predicted molar refractivity (Wildman–Crippen MR) is 141 cm³/mol. The summed E-state index contributed by atoms with van der Waals surface area (Å²) in [5, 5.41) is 3.73. The van der Waals surface area contributed by atoms with Gasteiger partial charge in [-0.15, -0.1) is 0 Å². The zero-order chi connectivity index (χ0) is 25.7. The number of carbonyl (C=O) groups excluding carboxylic acids is 2. The van der Waals surface area contributed by atoms with Crippen LogP contribution in [0.4, 0.5) is 10.5 Å². The Morgan fingerprint density at radius 1 is 1.14 bits per heavy atom. The van der Waals surface area contributed by atoms with Crippen LogP contribution in [0, 0.1) is 5.92 Å². The van der Waals surface area contributed by atoms with Gasteiger partial charge in [0.15, 0.2) is 0 Å². The molecular formula is C29H37N3O4. The second kappa shape index (κ2) is 11.5. The van der Waals surface area contributed by atoms with Crippen molar-refractivity contribution in [2.24, 2.45) is 5.92 Å². The Labute approximate surface area is 214 Å². The average molecular weight is 492 g/mol. The van der Waals surface area contributed by atoms with Gasteiger partial charge in [0.25, 0.3) is 5.91 Å². The molecule has 1 N–H and O–H groups in total. The standard InChI is InChI=1S/C29H37N3O4/c1-5-18-36-29(34)32-17-9-10-23-26(20-11-14-22(15-12-20)35-8-4)30-25-16-13-21(19-24(25)27(23)32)28(33)31(6-2)7-3/h5,11-16,19,23,26-27,30H,1,6-10,17-18H2,2-4H3/t23-,26?,27-/m0/s1. The molecule has 4 rings (SSSR count). The summed E-state index contributed by atoms with van der Waals surface area (Å²) in [6, 6.07) is 13.8. The van der Waals surface area contributed by atoms with Crippen LogP contribution in [0.25, 0.3) is 0 Å². The molecule has 2 heterocycles. The highest BCUT2D eigenvalue weighted by Gasteiger charge is 2.45. The largest absolute Gasteiger partial charge is 0.494 e. The molecule has 1 fully saturated rings. The SMILES string of the molecule is C=CCOC(=O)N1CCC[C@H]2C(c3ccc(OCC)cc3)Nc3ccc(C(=O)N(CC)CC)cc3[C@H]21. The fourth-order valence-corrected chi connectivity index (χ4v) is 5.50. The van der Waals surface area contributed by atoms with Crippen LogP contribution in [-0.4, -0.2) is 54.6 Å². The maximum absolute atomic E-state index is 13.2. The Morgan fingerprint density at radius 2 is 1.89 bits per heavy atom. The first-order valence-corrected chi connectivity index (χ1v) is 13.0. The Kier molecular flexibility index (Phi) is 8.18. The first-order chi connectivity index (χ1) is 17.5. The van der Waals surface area contributed by atoms with Gasteiger partial charge in [-0.2, -0.15) is 0 Å². The molecule has 2 aliphatic rings. The van der Waals surface area contributed by atoms with E-state index in [1.807, 2.05) is 60.9 Å². The molecule has 36 heavy (non-hydrogen) atoms. The van der Waals surface area contributed by atoms with E-state index in [9.17, 15) is 9.59 Å². The van der Waals surface area contributed by atoms with E-state index in [4.69, 9.17) is 9.47 Å².